The van der Waals surface area contributed by atoms with Crippen molar-refractivity contribution < 1.29 is 9.59 Å². The van der Waals surface area contributed by atoms with Crippen molar-refractivity contribution in [2.24, 2.45) is 0 Å². The molecule has 15 nitrogen and oxygen atoms in total. The van der Waals surface area contributed by atoms with Gasteiger partial charge >= 0.3 is 0 Å². The number of pyridine rings is 1. The molecule has 3 N–H and O–H groups in total. The van der Waals surface area contributed by atoms with Gasteiger partial charge in [-0.1, -0.05) is 25.1 Å². The molecular formula is C39H45N13O2. The van der Waals surface area contributed by atoms with Gasteiger partial charge < -0.3 is 25.8 Å². The third kappa shape index (κ3) is 6.59. The molecule has 2 amide bonds. The fraction of sp³-hybridized carbons (Fsp3) is 0.385. The number of aromatic nitrogens is 7. The molecule has 54 heavy (non-hydrogen) atoms. The molecule has 0 aliphatic carbocycles. The van der Waals surface area contributed by atoms with E-state index in [-0.39, 0.29) is 29.6 Å². The van der Waals surface area contributed by atoms with Gasteiger partial charge in [-0.25, -0.2) is 15.0 Å². The van der Waals surface area contributed by atoms with Crippen LogP contribution in [0.3, 0.4) is 0 Å². The minimum Gasteiger partial charge on any atom is -0.364 e. The molecule has 15 heteroatoms. The van der Waals surface area contributed by atoms with Crippen molar-refractivity contribution in [2.75, 3.05) is 55.8 Å². The summed E-state index contributed by atoms with van der Waals surface area (Å²) in [6.07, 6.45) is 4.79. The third-order valence-corrected chi connectivity index (χ3v) is 10.6. The van der Waals surface area contributed by atoms with Gasteiger partial charge in [0.2, 0.25) is 0 Å². The minimum atomic E-state index is -0.355. The van der Waals surface area contributed by atoms with E-state index in [1.807, 2.05) is 61.3 Å². The number of para-hydroxylation sites is 1. The van der Waals surface area contributed by atoms with Crippen molar-refractivity contribution in [3.05, 3.63) is 89.0 Å². The van der Waals surface area contributed by atoms with Crippen LogP contribution in [-0.2, 0) is 13.0 Å². The van der Waals surface area contributed by atoms with Gasteiger partial charge in [0.1, 0.15) is 17.3 Å². The number of amides is 2. The summed E-state index contributed by atoms with van der Waals surface area (Å²) in [4.78, 5) is 46.2. The first-order valence-corrected chi connectivity index (χ1v) is 18.6. The van der Waals surface area contributed by atoms with Gasteiger partial charge in [-0.3, -0.25) is 19.2 Å². The van der Waals surface area contributed by atoms with Crippen LogP contribution in [0.1, 0.15) is 82.7 Å². The fourth-order valence-corrected chi connectivity index (χ4v) is 7.69. The first-order valence-electron chi connectivity index (χ1n) is 18.6. The van der Waals surface area contributed by atoms with Crippen LogP contribution in [0.2, 0.25) is 0 Å². The third-order valence-electron chi connectivity index (χ3n) is 10.6. The lowest BCUT2D eigenvalue weighted by molar-refractivity contribution is 0.0780. The summed E-state index contributed by atoms with van der Waals surface area (Å²) >= 11 is 0. The molecule has 2 fully saturated rings. The number of carbonyl (C=O) groups excluding carboxylic acids is 2. The second kappa shape index (κ2) is 14.5. The zero-order valence-electron chi connectivity index (χ0n) is 31.3. The number of hydrogen-bond donors (Lipinski definition) is 3. The van der Waals surface area contributed by atoms with Crippen LogP contribution in [0.4, 0.5) is 28.7 Å². The lowest BCUT2D eigenvalue weighted by Gasteiger charge is -2.42. The predicted octanol–water partition coefficient (Wildman–Crippen LogP) is 5.05. The number of likely N-dealkylation sites (tertiary alicyclic amines) is 2. The van der Waals surface area contributed by atoms with E-state index < -0.39 is 0 Å². The van der Waals surface area contributed by atoms with E-state index >= 15 is 0 Å². The molecule has 8 rings (SSSR count). The maximum Gasteiger partial charge on any atom is 0.273 e. The van der Waals surface area contributed by atoms with Crippen molar-refractivity contribution in [3.8, 4) is 11.1 Å². The fourth-order valence-electron chi connectivity index (χ4n) is 7.69. The van der Waals surface area contributed by atoms with E-state index in [2.05, 4.69) is 70.6 Å². The summed E-state index contributed by atoms with van der Waals surface area (Å²) in [6, 6.07) is 15.7. The number of fused-ring (bicyclic) bond motifs is 3. The molecule has 1 unspecified atom stereocenters. The highest BCUT2D eigenvalue weighted by atomic mass is 16.2. The molecule has 2 saturated heterocycles. The number of aryl methyl sites for hydroxylation is 2. The van der Waals surface area contributed by atoms with Crippen LogP contribution >= 0.6 is 0 Å². The Morgan fingerprint density at radius 1 is 0.907 bits per heavy atom. The summed E-state index contributed by atoms with van der Waals surface area (Å²) in [7, 11) is 3.66. The smallest absolute Gasteiger partial charge is 0.273 e. The maximum absolute atomic E-state index is 13.0. The molecule has 0 radical (unpaired) electrons. The van der Waals surface area contributed by atoms with E-state index in [1.165, 1.54) is 0 Å². The lowest BCUT2D eigenvalue weighted by atomic mass is 9.93. The molecule has 4 aromatic heterocycles. The number of nitrogens with zero attached hydrogens (tertiary/aromatic N) is 10. The van der Waals surface area contributed by atoms with E-state index in [0.717, 1.165) is 84.4 Å². The molecule has 0 saturated carbocycles. The number of carbonyl (C=O) groups is 2. The molecule has 5 aromatic rings. The summed E-state index contributed by atoms with van der Waals surface area (Å²) < 4.78 is 2.18. The van der Waals surface area contributed by atoms with Crippen molar-refractivity contribution in [2.45, 2.75) is 58.7 Å². The van der Waals surface area contributed by atoms with Crippen LogP contribution in [0.15, 0.2) is 54.7 Å². The van der Waals surface area contributed by atoms with Crippen LogP contribution in [-0.4, -0.2) is 96.8 Å². The summed E-state index contributed by atoms with van der Waals surface area (Å²) in [5.74, 6) is 1.44. The number of benzene rings is 1. The van der Waals surface area contributed by atoms with Gasteiger partial charge in [-0.2, -0.15) is 5.10 Å². The number of hydrogen-bond acceptors (Lipinski definition) is 12. The standard InChI is InChI=1S/C39H45N13O2/c1-6-32-42-23(2)17-33(45-32)46-34-18-31(35(48-47-34)38(53)40-4)44-29-13-10-12-27-28-19-41-52(36(28)24(3)49(5)37(27)29)26-21-50(22-26)20-25-11-9-14-30(43-25)39(54)51-15-7-8-16-51/h9-14,17-19,24,26H,6-8,15-16,20-22H2,1-5H3,(H,40,53)(H2,42,44,45,46,47). The van der Waals surface area contributed by atoms with Crippen molar-refractivity contribution >= 4 is 40.5 Å². The zero-order valence-corrected chi connectivity index (χ0v) is 31.3. The van der Waals surface area contributed by atoms with E-state index in [4.69, 9.17) is 10.1 Å². The van der Waals surface area contributed by atoms with Gasteiger partial charge in [-0.15, -0.1) is 10.2 Å². The molecular weight excluding hydrogens is 683 g/mol. The molecule has 1 aromatic carbocycles. The Bertz CT molecular complexity index is 2220. The normalized spacial score (nSPS) is 16.8. The quantitative estimate of drug-likeness (QED) is 0.176. The highest BCUT2D eigenvalue weighted by Gasteiger charge is 2.37. The van der Waals surface area contributed by atoms with Crippen LogP contribution in [0.5, 0.6) is 0 Å². The monoisotopic (exact) mass is 727 g/mol. The number of nitrogens with one attached hydrogen (secondary N) is 3. The molecule has 0 spiro atoms. The van der Waals surface area contributed by atoms with Crippen LogP contribution < -0.4 is 20.9 Å². The Morgan fingerprint density at radius 3 is 2.48 bits per heavy atom. The summed E-state index contributed by atoms with van der Waals surface area (Å²) in [6.45, 7) is 10.1. The molecule has 1 atom stereocenters. The second-order valence-electron chi connectivity index (χ2n) is 14.2. The second-order valence-corrected chi connectivity index (χ2v) is 14.2. The Balaban J connectivity index is 1.02. The molecule has 3 aliphatic rings. The number of rotatable bonds is 10. The van der Waals surface area contributed by atoms with Gasteiger partial charge in [0.15, 0.2) is 11.5 Å². The van der Waals surface area contributed by atoms with Gasteiger partial charge in [0, 0.05) is 82.2 Å². The maximum atomic E-state index is 13.0. The number of anilines is 5. The van der Waals surface area contributed by atoms with E-state index in [0.29, 0.717) is 36.0 Å². The Hall–Kier alpha value is -5.96. The Labute approximate surface area is 314 Å². The highest BCUT2D eigenvalue weighted by molar-refractivity contribution is 6.00. The van der Waals surface area contributed by atoms with Crippen LogP contribution in [0.25, 0.3) is 11.1 Å². The van der Waals surface area contributed by atoms with Crippen molar-refractivity contribution in [1.29, 1.82) is 0 Å². The van der Waals surface area contributed by atoms with Gasteiger partial charge in [0.05, 0.1) is 46.7 Å². The lowest BCUT2D eigenvalue weighted by Crippen LogP contribution is -2.48. The summed E-state index contributed by atoms with van der Waals surface area (Å²) in [5, 5.41) is 23.0. The average molecular weight is 728 g/mol. The molecule has 7 heterocycles. The molecule has 278 valence electrons. The Kier molecular flexibility index (Phi) is 9.40. The summed E-state index contributed by atoms with van der Waals surface area (Å²) in [5.41, 5.74) is 8.06. The largest absolute Gasteiger partial charge is 0.364 e. The SMILES string of the molecule is CCc1nc(C)cc(Nc2cc(Nc3cccc4c3N(C)C(C)c3c-4cnn3C3CN(Cc4cccc(C(=O)N5CCCC5)n4)C3)c(C(=O)NC)nn2)n1. The topological polar surface area (TPSA) is 162 Å². The highest BCUT2D eigenvalue weighted by Crippen LogP contribution is 2.49. The van der Waals surface area contributed by atoms with Gasteiger partial charge in [-0.05, 0) is 44.9 Å². The first-order chi connectivity index (χ1) is 26.2. The van der Waals surface area contributed by atoms with Crippen molar-refractivity contribution in [1.82, 2.24) is 50.0 Å². The molecule has 3 aliphatic heterocycles. The minimum absolute atomic E-state index is 0.0157. The first kappa shape index (κ1) is 35.1. The van der Waals surface area contributed by atoms with E-state index in [9.17, 15) is 9.59 Å². The predicted molar refractivity (Wildman–Crippen MR) is 206 cm³/mol. The molecule has 0 bridgehead atoms. The van der Waals surface area contributed by atoms with E-state index in [1.54, 1.807) is 13.1 Å². The average Bonchev–Trinajstić information content (AvgIpc) is 3.86. The zero-order chi connectivity index (χ0) is 37.5. The van der Waals surface area contributed by atoms with Crippen molar-refractivity contribution in [3.63, 3.8) is 0 Å². The van der Waals surface area contributed by atoms with Gasteiger partial charge in [0.25, 0.3) is 11.8 Å². The Morgan fingerprint density at radius 2 is 1.70 bits per heavy atom. The van der Waals surface area contributed by atoms with Crippen LogP contribution in [0, 0.1) is 6.92 Å².